The molecule has 0 aliphatic rings. The van der Waals surface area contributed by atoms with Gasteiger partial charge >= 0.3 is 0 Å². The lowest BCUT2D eigenvalue weighted by Crippen LogP contribution is -1.88. The van der Waals surface area contributed by atoms with E-state index in [9.17, 15) is 8.78 Å². The zero-order valence-corrected chi connectivity index (χ0v) is 6.87. The number of nitrogens with two attached hydrogens (primary N) is 1. The van der Waals surface area contributed by atoms with E-state index < -0.39 is 11.6 Å². The zero-order valence-electron chi connectivity index (χ0n) is 6.87. The summed E-state index contributed by atoms with van der Waals surface area (Å²) < 4.78 is 30.3. The van der Waals surface area contributed by atoms with Crippen LogP contribution in [0.1, 0.15) is 0 Å². The highest BCUT2D eigenvalue weighted by Crippen LogP contribution is 2.21. The Labute approximate surface area is 77.3 Å². The molecule has 0 spiro atoms. The van der Waals surface area contributed by atoms with E-state index in [4.69, 9.17) is 5.73 Å². The van der Waals surface area contributed by atoms with Crippen molar-refractivity contribution in [3.63, 3.8) is 0 Å². The van der Waals surface area contributed by atoms with Gasteiger partial charge in [0, 0.05) is 6.07 Å². The van der Waals surface area contributed by atoms with Crippen LogP contribution in [0.4, 0.5) is 14.7 Å². The second-order valence-electron chi connectivity index (χ2n) is 2.58. The predicted octanol–water partition coefficient (Wildman–Crippen LogP) is 1.60. The maximum Gasteiger partial charge on any atom is 0.262 e. The fourth-order valence-corrected chi connectivity index (χ4v) is 1.01. The zero-order chi connectivity index (χ0) is 10.1. The van der Waals surface area contributed by atoms with E-state index >= 15 is 0 Å². The fourth-order valence-electron chi connectivity index (χ4n) is 1.01. The van der Waals surface area contributed by atoms with Gasteiger partial charge in [-0.2, -0.15) is 4.98 Å². The Kier molecular flexibility index (Phi) is 1.88. The van der Waals surface area contributed by atoms with Crippen LogP contribution in [0.3, 0.4) is 0 Å². The minimum absolute atomic E-state index is 0.0237. The maximum atomic E-state index is 13.1. The van der Waals surface area contributed by atoms with E-state index in [0.29, 0.717) is 0 Å². The van der Waals surface area contributed by atoms with Crippen LogP contribution in [0.25, 0.3) is 11.5 Å². The molecule has 0 aliphatic carbocycles. The second-order valence-corrected chi connectivity index (χ2v) is 2.58. The van der Waals surface area contributed by atoms with Crippen LogP contribution in [0.2, 0.25) is 0 Å². The summed E-state index contributed by atoms with van der Waals surface area (Å²) in [4.78, 5) is 3.61. The summed E-state index contributed by atoms with van der Waals surface area (Å²) in [5, 5.41) is 3.29. The molecule has 0 unspecified atom stereocenters. The quantitative estimate of drug-likeness (QED) is 0.753. The van der Waals surface area contributed by atoms with Gasteiger partial charge in [-0.15, -0.1) is 0 Å². The van der Waals surface area contributed by atoms with Crippen molar-refractivity contribution in [3.8, 4) is 11.5 Å². The van der Waals surface area contributed by atoms with Gasteiger partial charge in [-0.25, -0.2) is 8.78 Å². The molecular weight excluding hydrogens is 192 g/mol. The highest BCUT2D eigenvalue weighted by Gasteiger charge is 2.12. The molecule has 2 rings (SSSR count). The van der Waals surface area contributed by atoms with Crippen LogP contribution in [-0.2, 0) is 0 Å². The van der Waals surface area contributed by atoms with Gasteiger partial charge in [-0.3, -0.25) is 0 Å². The summed E-state index contributed by atoms with van der Waals surface area (Å²) in [6.07, 6.45) is 0. The molecular formula is C8H5F2N3O. The SMILES string of the molecule is Nc1noc(-c2ccc(F)cc2F)n1. The van der Waals surface area contributed by atoms with Crippen molar-refractivity contribution in [3.05, 3.63) is 29.8 Å². The van der Waals surface area contributed by atoms with E-state index in [1.165, 1.54) is 6.07 Å². The molecule has 0 saturated carbocycles. The third kappa shape index (κ3) is 1.41. The van der Waals surface area contributed by atoms with Crippen molar-refractivity contribution in [2.45, 2.75) is 0 Å². The van der Waals surface area contributed by atoms with Crippen molar-refractivity contribution >= 4 is 5.95 Å². The number of anilines is 1. The van der Waals surface area contributed by atoms with E-state index in [1.54, 1.807) is 0 Å². The first-order chi connectivity index (χ1) is 6.66. The third-order valence-electron chi connectivity index (χ3n) is 1.60. The first kappa shape index (κ1) is 8.61. The molecule has 1 aromatic heterocycles. The summed E-state index contributed by atoms with van der Waals surface area (Å²) in [5.41, 5.74) is 5.21. The Bertz CT molecular complexity index is 469. The Morgan fingerprint density at radius 2 is 2.07 bits per heavy atom. The van der Waals surface area contributed by atoms with Crippen LogP contribution < -0.4 is 5.73 Å². The monoisotopic (exact) mass is 197 g/mol. The number of hydrogen-bond acceptors (Lipinski definition) is 4. The van der Waals surface area contributed by atoms with Gasteiger partial charge in [0.1, 0.15) is 11.6 Å². The maximum absolute atomic E-state index is 13.1. The average Bonchev–Trinajstić information content (AvgIpc) is 2.51. The number of aromatic nitrogens is 2. The molecule has 0 aliphatic heterocycles. The summed E-state index contributed by atoms with van der Waals surface area (Å²) >= 11 is 0. The highest BCUT2D eigenvalue weighted by molar-refractivity contribution is 5.54. The van der Waals surface area contributed by atoms with Gasteiger partial charge in [0.05, 0.1) is 5.56 Å². The van der Waals surface area contributed by atoms with E-state index in [0.717, 1.165) is 12.1 Å². The number of hydrogen-bond donors (Lipinski definition) is 1. The smallest absolute Gasteiger partial charge is 0.262 e. The standard InChI is InChI=1S/C8H5F2N3O/c9-4-1-2-5(6(10)3-4)7-12-8(11)13-14-7/h1-3H,(H2,11,13). The predicted molar refractivity (Wildman–Crippen MR) is 44.1 cm³/mol. The normalized spacial score (nSPS) is 10.4. The lowest BCUT2D eigenvalue weighted by atomic mass is 10.2. The first-order valence-electron chi connectivity index (χ1n) is 3.71. The Morgan fingerprint density at radius 3 is 2.64 bits per heavy atom. The summed E-state index contributed by atoms with van der Waals surface area (Å²) in [7, 11) is 0. The molecule has 0 radical (unpaired) electrons. The number of rotatable bonds is 1. The van der Waals surface area contributed by atoms with Gasteiger partial charge in [0.15, 0.2) is 0 Å². The molecule has 2 aromatic rings. The van der Waals surface area contributed by atoms with Gasteiger partial charge < -0.3 is 10.3 Å². The average molecular weight is 197 g/mol. The largest absolute Gasteiger partial charge is 0.365 e. The van der Waals surface area contributed by atoms with Crippen LogP contribution in [0, 0.1) is 11.6 Å². The minimum Gasteiger partial charge on any atom is -0.365 e. The molecule has 0 bridgehead atoms. The molecule has 4 nitrogen and oxygen atoms in total. The van der Waals surface area contributed by atoms with Gasteiger partial charge in [0.25, 0.3) is 11.8 Å². The molecule has 2 N–H and O–H groups in total. The Balaban J connectivity index is 2.52. The summed E-state index contributed by atoms with van der Waals surface area (Å²) in [5.74, 6) is -1.60. The Morgan fingerprint density at radius 1 is 1.29 bits per heavy atom. The number of benzene rings is 1. The lowest BCUT2D eigenvalue weighted by molar-refractivity contribution is 0.430. The van der Waals surface area contributed by atoms with Crippen LogP contribution in [0.5, 0.6) is 0 Å². The molecule has 6 heteroatoms. The van der Waals surface area contributed by atoms with Gasteiger partial charge in [0.2, 0.25) is 0 Å². The lowest BCUT2D eigenvalue weighted by Gasteiger charge is -1.95. The molecule has 0 atom stereocenters. The second kappa shape index (κ2) is 3.06. The molecule has 1 aromatic carbocycles. The van der Waals surface area contributed by atoms with Crippen molar-refractivity contribution in [1.82, 2.24) is 10.1 Å². The number of halogens is 2. The molecule has 1 heterocycles. The van der Waals surface area contributed by atoms with E-state index in [2.05, 4.69) is 14.7 Å². The van der Waals surface area contributed by atoms with Crippen LogP contribution in [-0.4, -0.2) is 10.1 Å². The molecule has 0 amide bonds. The minimum atomic E-state index is -0.770. The molecule has 0 saturated heterocycles. The summed E-state index contributed by atoms with van der Waals surface area (Å²) in [6.45, 7) is 0. The topological polar surface area (TPSA) is 64.9 Å². The fraction of sp³-hybridized carbons (Fsp3) is 0. The van der Waals surface area contributed by atoms with E-state index in [-0.39, 0.29) is 17.4 Å². The summed E-state index contributed by atoms with van der Waals surface area (Å²) in [6, 6.07) is 3.03. The van der Waals surface area contributed by atoms with E-state index in [1.807, 2.05) is 0 Å². The van der Waals surface area contributed by atoms with Crippen molar-refractivity contribution < 1.29 is 13.3 Å². The van der Waals surface area contributed by atoms with Crippen LogP contribution >= 0.6 is 0 Å². The molecule has 14 heavy (non-hydrogen) atoms. The van der Waals surface area contributed by atoms with Crippen molar-refractivity contribution in [1.29, 1.82) is 0 Å². The third-order valence-corrected chi connectivity index (χ3v) is 1.60. The number of nitrogens with zero attached hydrogens (tertiary/aromatic N) is 2. The first-order valence-corrected chi connectivity index (χ1v) is 3.71. The molecule has 0 fully saturated rings. The number of nitrogen functional groups attached to an aromatic ring is 1. The van der Waals surface area contributed by atoms with Gasteiger partial charge in [-0.05, 0) is 17.3 Å². The Hall–Kier alpha value is -1.98. The van der Waals surface area contributed by atoms with Gasteiger partial charge in [-0.1, -0.05) is 0 Å². The molecule has 72 valence electrons. The van der Waals surface area contributed by atoms with Crippen molar-refractivity contribution in [2.24, 2.45) is 0 Å². The van der Waals surface area contributed by atoms with Crippen molar-refractivity contribution in [2.75, 3.05) is 5.73 Å². The van der Waals surface area contributed by atoms with Crippen LogP contribution in [0.15, 0.2) is 22.7 Å². The highest BCUT2D eigenvalue weighted by atomic mass is 19.1.